The molecule has 0 aliphatic carbocycles. The first-order chi connectivity index (χ1) is 25.1. The molecule has 1 nitrogen and oxygen atoms in total. The van der Waals surface area contributed by atoms with Crippen LogP contribution in [-0.2, 0) is 0 Å². The third-order valence-corrected chi connectivity index (χ3v) is 16.1. The van der Waals surface area contributed by atoms with Gasteiger partial charge in [-0.15, -0.1) is 11.3 Å². The Morgan fingerprint density at radius 2 is 1.04 bits per heavy atom. The Labute approximate surface area is 301 Å². The summed E-state index contributed by atoms with van der Waals surface area (Å²) >= 11 is 1.92. The zero-order valence-electron chi connectivity index (χ0n) is 28.4. The lowest BCUT2D eigenvalue weighted by Crippen LogP contribution is -2.49. The quantitative estimate of drug-likeness (QED) is 0.132. The fraction of sp³-hybridized carbons (Fsp3) is 0.0417. The van der Waals surface area contributed by atoms with Gasteiger partial charge in [-0.05, 0) is 90.2 Å². The van der Waals surface area contributed by atoms with Gasteiger partial charge in [-0.1, -0.05) is 140 Å². The van der Waals surface area contributed by atoms with Crippen LogP contribution in [0.2, 0.25) is 13.1 Å². The van der Waals surface area contributed by atoms with E-state index in [-0.39, 0.29) is 0 Å². The lowest BCUT2D eigenvalue weighted by molar-refractivity contribution is 1.32. The Morgan fingerprint density at radius 1 is 0.412 bits per heavy atom. The van der Waals surface area contributed by atoms with Crippen molar-refractivity contribution in [3.63, 3.8) is 0 Å². The van der Waals surface area contributed by atoms with Crippen LogP contribution >= 0.6 is 11.3 Å². The van der Waals surface area contributed by atoms with Crippen molar-refractivity contribution in [2.24, 2.45) is 0 Å². The first-order valence-corrected chi connectivity index (χ1v) is 21.6. The molecule has 1 aliphatic heterocycles. The Morgan fingerprint density at radius 3 is 1.90 bits per heavy atom. The average molecular weight is 684 g/mol. The van der Waals surface area contributed by atoms with Crippen molar-refractivity contribution in [2.75, 3.05) is 4.90 Å². The largest absolute Gasteiger partial charge is 0.309 e. The van der Waals surface area contributed by atoms with Crippen molar-refractivity contribution >= 4 is 110 Å². The Hall–Kier alpha value is -5.74. The van der Waals surface area contributed by atoms with Crippen LogP contribution in [0.1, 0.15) is 0 Å². The number of hydrogen-bond acceptors (Lipinski definition) is 2. The van der Waals surface area contributed by atoms with E-state index >= 15 is 0 Å². The highest BCUT2D eigenvalue weighted by Gasteiger charge is 2.41. The van der Waals surface area contributed by atoms with E-state index < -0.39 is 8.07 Å². The molecule has 0 atom stereocenters. The summed E-state index contributed by atoms with van der Waals surface area (Å²) in [6, 6.07) is 61.3. The smallest absolute Gasteiger partial charge is 0.113 e. The summed E-state index contributed by atoms with van der Waals surface area (Å²) in [4.78, 5) is 2.53. The van der Waals surface area contributed by atoms with Crippen LogP contribution in [0.15, 0.2) is 164 Å². The molecule has 0 saturated heterocycles. The number of fused-ring (bicyclic) bond motifs is 14. The monoisotopic (exact) mass is 683 g/mol. The van der Waals surface area contributed by atoms with Gasteiger partial charge < -0.3 is 4.90 Å². The molecule has 0 amide bonds. The standard InChI is InChI=1S/C48H33NSSi/c1-51(2)44-28-27-43-46(39-19-10-11-22-42(39)50-43)48(44)47-38-18-9-8-17-36(38)41(29-45(47)51)49(31-14-4-3-5-15-31)40-21-12-20-33-35-24-23-30-13-6-7-16-32(30)34(35)25-26-37(33)40/h3-29H,1-2H3. The molecule has 11 rings (SSSR count). The van der Waals surface area contributed by atoms with Gasteiger partial charge in [0.05, 0.1) is 11.4 Å². The fourth-order valence-corrected chi connectivity index (χ4v) is 13.2. The summed E-state index contributed by atoms with van der Waals surface area (Å²) in [5.41, 5.74) is 6.50. The number of anilines is 3. The van der Waals surface area contributed by atoms with E-state index in [1.165, 1.54) is 91.0 Å². The van der Waals surface area contributed by atoms with Gasteiger partial charge in [0.15, 0.2) is 0 Å². The lowest BCUT2D eigenvalue weighted by Gasteiger charge is -2.30. The third-order valence-electron chi connectivity index (χ3n) is 11.4. The number of nitrogens with zero attached hydrogens (tertiary/aromatic N) is 1. The van der Waals surface area contributed by atoms with Crippen LogP contribution in [-0.4, -0.2) is 8.07 Å². The predicted molar refractivity (Wildman–Crippen MR) is 226 cm³/mol. The Bertz CT molecular complexity index is 3070. The topological polar surface area (TPSA) is 3.24 Å². The molecule has 0 fully saturated rings. The van der Waals surface area contributed by atoms with Gasteiger partial charge in [0.25, 0.3) is 0 Å². The number of thiophene rings is 1. The molecule has 51 heavy (non-hydrogen) atoms. The normalized spacial score (nSPS) is 13.5. The molecular formula is C48H33NSSi. The van der Waals surface area contributed by atoms with Gasteiger partial charge in [0.1, 0.15) is 8.07 Å². The van der Waals surface area contributed by atoms with Gasteiger partial charge in [0.2, 0.25) is 0 Å². The van der Waals surface area contributed by atoms with E-state index in [2.05, 4.69) is 182 Å². The average Bonchev–Trinajstić information content (AvgIpc) is 3.67. The molecular weight excluding hydrogens is 651 g/mol. The maximum Gasteiger partial charge on any atom is 0.113 e. The highest BCUT2D eigenvalue weighted by atomic mass is 32.1. The number of para-hydroxylation sites is 1. The molecule has 3 heteroatoms. The molecule has 9 aromatic carbocycles. The van der Waals surface area contributed by atoms with E-state index in [0.717, 1.165) is 5.69 Å². The third kappa shape index (κ3) is 4.02. The Balaban J connectivity index is 1.24. The van der Waals surface area contributed by atoms with Crippen LogP contribution < -0.4 is 15.3 Å². The van der Waals surface area contributed by atoms with Crippen molar-refractivity contribution in [1.29, 1.82) is 0 Å². The maximum atomic E-state index is 2.57. The van der Waals surface area contributed by atoms with Crippen molar-refractivity contribution in [2.45, 2.75) is 13.1 Å². The summed E-state index contributed by atoms with van der Waals surface area (Å²) in [7, 11) is -2.09. The van der Waals surface area contributed by atoms with E-state index in [0.29, 0.717) is 0 Å². The maximum absolute atomic E-state index is 2.57. The predicted octanol–water partition coefficient (Wildman–Crippen LogP) is 12.9. The molecule has 0 N–H and O–H groups in total. The summed E-state index contributed by atoms with van der Waals surface area (Å²) in [5.74, 6) is 0. The molecule has 240 valence electrons. The fourth-order valence-electron chi connectivity index (χ4n) is 9.07. The summed E-state index contributed by atoms with van der Waals surface area (Å²) in [6.45, 7) is 5.11. The second kappa shape index (κ2) is 10.6. The Kier molecular flexibility index (Phi) is 6.05. The van der Waals surface area contributed by atoms with Crippen LogP contribution in [0.5, 0.6) is 0 Å². The molecule has 2 heterocycles. The van der Waals surface area contributed by atoms with Crippen LogP contribution in [0.3, 0.4) is 0 Å². The highest BCUT2D eigenvalue weighted by Crippen LogP contribution is 2.49. The molecule has 0 saturated carbocycles. The second-order valence-electron chi connectivity index (χ2n) is 14.4. The van der Waals surface area contributed by atoms with Gasteiger partial charge in [0, 0.05) is 36.6 Å². The van der Waals surface area contributed by atoms with E-state index in [4.69, 9.17) is 0 Å². The van der Waals surface area contributed by atoms with Crippen molar-refractivity contribution < 1.29 is 0 Å². The van der Waals surface area contributed by atoms with E-state index in [1.54, 1.807) is 5.19 Å². The zero-order chi connectivity index (χ0) is 33.8. The van der Waals surface area contributed by atoms with Gasteiger partial charge in [-0.2, -0.15) is 0 Å². The molecule has 1 aliphatic rings. The number of benzene rings is 9. The molecule has 0 bridgehead atoms. The van der Waals surface area contributed by atoms with Crippen LogP contribution in [0, 0.1) is 0 Å². The minimum absolute atomic E-state index is 1.16. The SMILES string of the molecule is C[Si]1(C)c2cc(N(c3ccccc3)c3cccc4c3ccc3c5ccccc5ccc43)c3ccccc3c2-c2c1ccc1sc3ccccc3c21. The molecule has 1 aromatic heterocycles. The summed E-state index contributed by atoms with van der Waals surface area (Å²) < 4.78 is 2.74. The lowest BCUT2D eigenvalue weighted by atomic mass is 9.93. The zero-order valence-corrected chi connectivity index (χ0v) is 30.3. The first-order valence-electron chi connectivity index (χ1n) is 17.8. The molecule has 10 aromatic rings. The van der Waals surface area contributed by atoms with Gasteiger partial charge in [-0.3, -0.25) is 0 Å². The van der Waals surface area contributed by atoms with E-state index in [9.17, 15) is 0 Å². The second-order valence-corrected chi connectivity index (χ2v) is 19.9. The number of rotatable bonds is 3. The van der Waals surface area contributed by atoms with E-state index in [1.807, 2.05) is 11.3 Å². The van der Waals surface area contributed by atoms with Crippen LogP contribution in [0.4, 0.5) is 17.1 Å². The minimum atomic E-state index is -2.09. The molecule has 0 spiro atoms. The van der Waals surface area contributed by atoms with Crippen molar-refractivity contribution in [3.05, 3.63) is 164 Å². The minimum Gasteiger partial charge on any atom is -0.309 e. The summed E-state index contributed by atoms with van der Waals surface area (Å²) in [5, 5.41) is 16.2. The van der Waals surface area contributed by atoms with Gasteiger partial charge in [-0.25, -0.2) is 0 Å². The first kappa shape index (κ1) is 29.0. The van der Waals surface area contributed by atoms with Crippen molar-refractivity contribution in [3.8, 4) is 11.1 Å². The van der Waals surface area contributed by atoms with Crippen molar-refractivity contribution in [1.82, 2.24) is 0 Å². The highest BCUT2D eigenvalue weighted by molar-refractivity contribution is 7.26. The summed E-state index contributed by atoms with van der Waals surface area (Å²) in [6.07, 6.45) is 0. The molecule has 0 radical (unpaired) electrons. The van der Waals surface area contributed by atoms with Crippen LogP contribution in [0.25, 0.3) is 74.4 Å². The molecule has 0 unspecified atom stereocenters. The van der Waals surface area contributed by atoms with Gasteiger partial charge >= 0.3 is 0 Å². The number of hydrogen-bond donors (Lipinski definition) is 0.